The second-order valence-electron chi connectivity index (χ2n) is 12.6. The number of halogens is 1. The quantitative estimate of drug-likeness (QED) is 0.266. The Morgan fingerprint density at radius 3 is 2.59 bits per heavy atom. The van der Waals surface area contributed by atoms with Gasteiger partial charge in [-0.05, 0) is 81.0 Å². The number of methoxy groups -OCH3 is 1. The minimum absolute atomic E-state index is 0.101. The number of carbonyl (C=O) groups is 2. The van der Waals surface area contributed by atoms with Crippen LogP contribution in [0.1, 0.15) is 79.0 Å². The van der Waals surface area contributed by atoms with Crippen LogP contribution in [0.5, 0.6) is 11.5 Å². The number of nitrogens with one attached hydrogen (secondary N) is 1. The summed E-state index contributed by atoms with van der Waals surface area (Å²) in [7, 11) is 1.59. The number of benzene rings is 2. The van der Waals surface area contributed by atoms with E-state index >= 15 is 0 Å². The van der Waals surface area contributed by atoms with Gasteiger partial charge in [-0.1, -0.05) is 12.8 Å². The van der Waals surface area contributed by atoms with Crippen LogP contribution in [0.25, 0.3) is 22.2 Å². The monoisotopic (exact) mass is 597 g/mol. The van der Waals surface area contributed by atoms with Gasteiger partial charge in [-0.15, -0.1) is 0 Å². The average Bonchev–Trinajstić information content (AvgIpc) is 3.39. The predicted molar refractivity (Wildman–Crippen MR) is 163 cm³/mol. The third-order valence-corrected chi connectivity index (χ3v) is 9.58. The zero-order valence-corrected chi connectivity index (χ0v) is 24.9. The Bertz CT molecular complexity index is 1760. The summed E-state index contributed by atoms with van der Waals surface area (Å²) >= 11 is 0. The summed E-state index contributed by atoms with van der Waals surface area (Å²) < 4.78 is 27.5. The van der Waals surface area contributed by atoms with Gasteiger partial charge in [0.05, 0.1) is 13.2 Å². The maximum atomic E-state index is 13.8. The van der Waals surface area contributed by atoms with E-state index in [0.29, 0.717) is 46.5 Å². The predicted octanol–water partition coefficient (Wildman–Crippen LogP) is 5.42. The molecule has 0 unspecified atom stereocenters. The molecular weight excluding hydrogens is 561 g/mol. The molecule has 1 aliphatic heterocycles. The smallest absolute Gasteiger partial charge is 0.251 e. The van der Waals surface area contributed by atoms with Crippen molar-refractivity contribution in [3.63, 3.8) is 0 Å². The van der Waals surface area contributed by atoms with Gasteiger partial charge in [-0.2, -0.15) is 5.10 Å². The van der Waals surface area contributed by atoms with Crippen molar-refractivity contribution in [2.24, 2.45) is 11.7 Å². The number of carbonyl (C=O) groups excluding carboxylic acids is 2. The number of pyridine rings is 1. The largest absolute Gasteiger partial charge is 0.494 e. The van der Waals surface area contributed by atoms with Crippen LogP contribution < -0.4 is 20.5 Å². The first kappa shape index (κ1) is 28.3. The zero-order chi connectivity index (χ0) is 30.6. The van der Waals surface area contributed by atoms with E-state index in [1.54, 1.807) is 32.2 Å². The van der Waals surface area contributed by atoms with Crippen molar-refractivity contribution in [2.45, 2.75) is 62.8 Å². The summed E-state index contributed by atoms with van der Waals surface area (Å²) in [5, 5.41) is 8.73. The molecule has 2 aromatic heterocycles. The Morgan fingerprint density at radius 2 is 1.91 bits per heavy atom. The molecule has 3 N–H and O–H groups in total. The normalized spacial score (nSPS) is 20.3. The second kappa shape index (κ2) is 10.9. The Labute approximate surface area is 254 Å². The lowest BCUT2D eigenvalue weighted by atomic mass is 9.80. The molecule has 0 saturated heterocycles. The van der Waals surface area contributed by atoms with Crippen molar-refractivity contribution in [1.29, 1.82) is 0 Å². The van der Waals surface area contributed by atoms with Gasteiger partial charge in [-0.3, -0.25) is 14.3 Å². The molecule has 7 rings (SSSR count). The van der Waals surface area contributed by atoms with E-state index < -0.39 is 11.3 Å². The molecule has 10 heteroatoms. The summed E-state index contributed by atoms with van der Waals surface area (Å²) in [6, 6.07) is 12.0. The van der Waals surface area contributed by atoms with Crippen LogP contribution in [0.15, 0.2) is 48.7 Å². The molecule has 0 spiro atoms. The Hall–Kier alpha value is -4.47. The van der Waals surface area contributed by atoms with E-state index in [4.69, 9.17) is 25.3 Å². The van der Waals surface area contributed by atoms with Crippen molar-refractivity contribution < 1.29 is 23.5 Å². The molecule has 2 saturated carbocycles. The van der Waals surface area contributed by atoms with Crippen LogP contribution in [0, 0.1) is 11.7 Å². The number of ether oxygens (including phenoxy) is 2. The van der Waals surface area contributed by atoms with Crippen LogP contribution in [0.2, 0.25) is 0 Å². The first-order valence-corrected chi connectivity index (χ1v) is 15.3. The van der Waals surface area contributed by atoms with E-state index in [0.717, 1.165) is 55.1 Å². The molecule has 2 fully saturated rings. The lowest BCUT2D eigenvalue weighted by molar-refractivity contribution is -0.123. The van der Waals surface area contributed by atoms with Crippen LogP contribution in [0.4, 0.5) is 4.39 Å². The Kier molecular flexibility index (Phi) is 7.02. The van der Waals surface area contributed by atoms with Gasteiger partial charge in [0.1, 0.15) is 40.5 Å². The third kappa shape index (κ3) is 4.96. The summed E-state index contributed by atoms with van der Waals surface area (Å²) in [5.41, 5.74) is 8.74. The first-order valence-electron chi connectivity index (χ1n) is 15.3. The van der Waals surface area contributed by atoms with Gasteiger partial charge in [0, 0.05) is 46.4 Å². The number of rotatable bonds is 9. The standard InChI is InChI=1S/C34H36FN5O4/c1-34(33(36)42)18-44-31-26(34)15-27(38-30(31)20-7-9-23(35)10-8-20)25(19-5-3-4-6-19)16-37-32(41)21-13-22-17-40(24-11-12-24)39-29(22)28(14-21)43-2/h7-10,13-15,17,19,24-25H,3-6,11-12,16,18H2,1-2H3,(H2,36,42)(H,37,41)/t25-,34-/m0/s1. The number of amides is 2. The molecule has 9 nitrogen and oxygen atoms in total. The molecule has 2 aliphatic carbocycles. The number of nitrogens with zero attached hydrogens (tertiary/aromatic N) is 3. The molecule has 2 aromatic carbocycles. The van der Waals surface area contributed by atoms with Crippen molar-refractivity contribution >= 4 is 22.7 Å². The van der Waals surface area contributed by atoms with E-state index in [1.807, 2.05) is 23.0 Å². The van der Waals surface area contributed by atoms with Crippen molar-refractivity contribution in [3.8, 4) is 22.8 Å². The van der Waals surface area contributed by atoms with Gasteiger partial charge < -0.3 is 20.5 Å². The van der Waals surface area contributed by atoms with E-state index in [-0.39, 0.29) is 30.2 Å². The summed E-state index contributed by atoms with van der Waals surface area (Å²) in [4.78, 5) is 31.4. The number of aromatic nitrogens is 3. The Morgan fingerprint density at radius 1 is 1.16 bits per heavy atom. The molecule has 0 radical (unpaired) electrons. The number of hydrogen-bond donors (Lipinski definition) is 2. The highest BCUT2D eigenvalue weighted by Crippen LogP contribution is 2.47. The number of hydrogen-bond acceptors (Lipinski definition) is 6. The topological polar surface area (TPSA) is 121 Å². The second-order valence-corrected chi connectivity index (χ2v) is 12.6. The molecule has 228 valence electrons. The van der Waals surface area contributed by atoms with Crippen molar-refractivity contribution in [3.05, 3.63) is 71.3 Å². The molecule has 4 aromatic rings. The lowest BCUT2D eigenvalue weighted by Crippen LogP contribution is -2.40. The Balaban J connectivity index is 1.24. The summed E-state index contributed by atoms with van der Waals surface area (Å²) in [6.45, 7) is 2.23. The fraction of sp³-hybridized carbons (Fsp3) is 0.412. The van der Waals surface area contributed by atoms with E-state index in [1.165, 1.54) is 12.1 Å². The molecule has 44 heavy (non-hydrogen) atoms. The van der Waals surface area contributed by atoms with Crippen molar-refractivity contribution in [1.82, 2.24) is 20.1 Å². The first-order chi connectivity index (χ1) is 21.2. The lowest BCUT2D eigenvalue weighted by Gasteiger charge is -2.26. The molecule has 3 aliphatic rings. The van der Waals surface area contributed by atoms with Crippen LogP contribution in [-0.4, -0.2) is 46.8 Å². The molecule has 0 bridgehead atoms. The van der Waals surface area contributed by atoms with Crippen molar-refractivity contribution in [2.75, 3.05) is 20.3 Å². The maximum Gasteiger partial charge on any atom is 0.251 e. The van der Waals surface area contributed by atoms with Gasteiger partial charge in [0.2, 0.25) is 5.91 Å². The summed E-state index contributed by atoms with van der Waals surface area (Å²) in [6.07, 6.45) is 8.42. The maximum absolute atomic E-state index is 13.8. The highest BCUT2D eigenvalue weighted by atomic mass is 19.1. The highest BCUT2D eigenvalue weighted by Gasteiger charge is 2.44. The van der Waals surface area contributed by atoms with Gasteiger partial charge in [0.25, 0.3) is 5.91 Å². The van der Waals surface area contributed by atoms with Gasteiger partial charge in [0.15, 0.2) is 0 Å². The molecular formula is C34H36FN5O4. The van der Waals surface area contributed by atoms with E-state index in [2.05, 4.69) is 5.32 Å². The number of fused-ring (bicyclic) bond motifs is 2. The molecule has 2 amide bonds. The van der Waals surface area contributed by atoms with Gasteiger partial charge >= 0.3 is 0 Å². The zero-order valence-electron chi connectivity index (χ0n) is 24.9. The van der Waals surface area contributed by atoms with Crippen LogP contribution in [-0.2, 0) is 10.2 Å². The molecule has 2 atom stereocenters. The number of nitrogens with two attached hydrogens (primary N) is 1. The van der Waals surface area contributed by atoms with Gasteiger partial charge in [-0.25, -0.2) is 9.37 Å². The fourth-order valence-corrected chi connectivity index (χ4v) is 6.71. The third-order valence-electron chi connectivity index (χ3n) is 9.58. The SMILES string of the molecule is COc1cc(C(=O)NC[C@H](c2cc3c(c(-c4ccc(F)cc4)n2)OC[C@]3(C)C(N)=O)C2CCCC2)cc2cn(C3CC3)nc12. The average molecular weight is 598 g/mol. The highest BCUT2D eigenvalue weighted by molar-refractivity contribution is 6.00. The minimum Gasteiger partial charge on any atom is -0.494 e. The van der Waals surface area contributed by atoms with Crippen LogP contribution in [0.3, 0.4) is 0 Å². The van der Waals surface area contributed by atoms with Crippen LogP contribution >= 0.6 is 0 Å². The fourth-order valence-electron chi connectivity index (χ4n) is 6.71. The summed E-state index contributed by atoms with van der Waals surface area (Å²) in [5.74, 6) is 0.170. The minimum atomic E-state index is -1.04. The van der Waals surface area contributed by atoms with E-state index in [9.17, 15) is 14.0 Å². The number of primary amides is 1. The molecule has 3 heterocycles.